The summed E-state index contributed by atoms with van der Waals surface area (Å²) in [5.41, 5.74) is 3.78. The lowest BCUT2D eigenvalue weighted by atomic mass is 9.87. The van der Waals surface area contributed by atoms with Gasteiger partial charge in [-0.25, -0.2) is 0 Å². The van der Waals surface area contributed by atoms with Crippen molar-refractivity contribution in [3.63, 3.8) is 0 Å². The number of rotatable bonds is 9. The maximum atomic E-state index is 13.2. The molecule has 0 spiro atoms. The van der Waals surface area contributed by atoms with Crippen LogP contribution in [-0.4, -0.2) is 42.5 Å². The van der Waals surface area contributed by atoms with Crippen LogP contribution in [0.5, 0.6) is 5.75 Å². The highest BCUT2D eigenvalue weighted by atomic mass is 32.1. The Morgan fingerprint density at radius 3 is 2.52 bits per heavy atom. The molecule has 2 heterocycles. The Labute approximate surface area is 201 Å². The van der Waals surface area contributed by atoms with Gasteiger partial charge in [0.05, 0.1) is 7.11 Å². The minimum atomic E-state index is -0.0262. The van der Waals surface area contributed by atoms with E-state index >= 15 is 0 Å². The van der Waals surface area contributed by atoms with Crippen LogP contribution in [0.2, 0.25) is 0 Å². The predicted octanol–water partition coefficient (Wildman–Crippen LogP) is 5.66. The average Bonchev–Trinajstić information content (AvgIpc) is 3.49. The highest BCUT2D eigenvalue weighted by molar-refractivity contribution is 7.07. The van der Waals surface area contributed by atoms with Gasteiger partial charge in [0.15, 0.2) is 0 Å². The molecule has 0 N–H and O–H groups in total. The fourth-order valence-electron chi connectivity index (χ4n) is 4.93. The zero-order valence-electron chi connectivity index (χ0n) is 19.8. The summed E-state index contributed by atoms with van der Waals surface area (Å²) >= 11 is 1.75. The lowest BCUT2D eigenvalue weighted by Gasteiger charge is -2.30. The molecule has 0 bridgehead atoms. The molecule has 2 atom stereocenters. The molecule has 33 heavy (non-hydrogen) atoms. The molecule has 1 amide bonds. The topological polar surface area (TPSA) is 32.8 Å². The summed E-state index contributed by atoms with van der Waals surface area (Å²) in [6.45, 7) is 8.27. The second-order valence-corrected chi connectivity index (χ2v) is 10.1. The van der Waals surface area contributed by atoms with Crippen molar-refractivity contribution >= 4 is 17.2 Å². The van der Waals surface area contributed by atoms with Crippen molar-refractivity contribution in [1.82, 2.24) is 9.80 Å². The maximum absolute atomic E-state index is 13.2. The molecule has 2 aromatic carbocycles. The Bertz CT molecular complexity index is 1020. The number of carbonyl (C=O) groups is 1. The second-order valence-electron chi connectivity index (χ2n) is 9.29. The summed E-state index contributed by atoms with van der Waals surface area (Å²) in [6, 6.07) is 20.9. The number of hydrogen-bond acceptors (Lipinski definition) is 4. The molecule has 0 saturated carbocycles. The molecule has 3 aromatic rings. The van der Waals surface area contributed by atoms with E-state index < -0.39 is 0 Å². The van der Waals surface area contributed by atoms with Crippen LogP contribution < -0.4 is 4.74 Å². The number of para-hydroxylation sites is 1. The fraction of sp³-hybridized carbons (Fsp3) is 0.393. The first-order valence-electron chi connectivity index (χ1n) is 11.7. The number of likely N-dealkylation sites (tertiary alicyclic amines) is 1. The van der Waals surface area contributed by atoms with Gasteiger partial charge in [-0.3, -0.25) is 9.69 Å². The largest absolute Gasteiger partial charge is 0.496 e. The number of benzene rings is 2. The average molecular weight is 463 g/mol. The number of methoxy groups -OCH3 is 1. The highest BCUT2D eigenvalue weighted by Gasteiger charge is 2.37. The zero-order valence-corrected chi connectivity index (χ0v) is 20.6. The van der Waals surface area contributed by atoms with Gasteiger partial charge in [0.25, 0.3) is 0 Å². The molecular formula is C28H34N2O2S. The third-order valence-corrected chi connectivity index (χ3v) is 7.25. The van der Waals surface area contributed by atoms with E-state index in [1.54, 1.807) is 18.4 Å². The third kappa shape index (κ3) is 5.84. The summed E-state index contributed by atoms with van der Waals surface area (Å²) in [5.74, 6) is 1.79. The van der Waals surface area contributed by atoms with E-state index in [-0.39, 0.29) is 11.8 Å². The minimum absolute atomic E-state index is 0.0262. The molecule has 0 aliphatic carbocycles. The van der Waals surface area contributed by atoms with Crippen molar-refractivity contribution in [3.8, 4) is 5.75 Å². The van der Waals surface area contributed by atoms with Crippen LogP contribution in [0.15, 0.2) is 71.4 Å². The van der Waals surface area contributed by atoms with Gasteiger partial charge in [0.1, 0.15) is 5.75 Å². The van der Waals surface area contributed by atoms with Crippen molar-refractivity contribution in [2.75, 3.05) is 26.7 Å². The molecule has 1 aromatic heterocycles. The first-order chi connectivity index (χ1) is 16.0. The van der Waals surface area contributed by atoms with Crippen LogP contribution >= 0.6 is 11.3 Å². The predicted molar refractivity (Wildman–Crippen MR) is 136 cm³/mol. The van der Waals surface area contributed by atoms with Gasteiger partial charge >= 0.3 is 0 Å². The van der Waals surface area contributed by atoms with Crippen molar-refractivity contribution in [2.45, 2.75) is 32.9 Å². The van der Waals surface area contributed by atoms with E-state index in [0.717, 1.165) is 31.9 Å². The Morgan fingerprint density at radius 2 is 1.82 bits per heavy atom. The van der Waals surface area contributed by atoms with Gasteiger partial charge in [-0.1, -0.05) is 62.4 Å². The Balaban J connectivity index is 1.60. The van der Waals surface area contributed by atoms with E-state index in [2.05, 4.69) is 57.0 Å². The lowest BCUT2D eigenvalue weighted by molar-refractivity contribution is -0.135. The summed E-state index contributed by atoms with van der Waals surface area (Å²) in [6.07, 6.45) is 0. The van der Waals surface area contributed by atoms with E-state index in [4.69, 9.17) is 4.74 Å². The van der Waals surface area contributed by atoms with Gasteiger partial charge in [-0.2, -0.15) is 11.3 Å². The molecule has 1 aliphatic heterocycles. The third-order valence-electron chi connectivity index (χ3n) is 6.52. The minimum Gasteiger partial charge on any atom is -0.496 e. The second kappa shape index (κ2) is 11.0. The molecule has 1 saturated heterocycles. The standard InChI is InChI=1S/C28H34N2O2S/c1-21(2)28(31)30(16-22-9-5-4-6-10-22)18-24-17-29(15-23-13-14-33-20-23)19-26(24)25-11-7-8-12-27(25)32-3/h4-14,20-21,24,26H,15-19H2,1-3H3. The molecule has 4 nitrogen and oxygen atoms in total. The first kappa shape index (κ1) is 23.5. The van der Waals surface area contributed by atoms with Crippen LogP contribution in [-0.2, 0) is 17.9 Å². The van der Waals surface area contributed by atoms with Gasteiger partial charge in [-0.15, -0.1) is 0 Å². The van der Waals surface area contributed by atoms with Crippen molar-refractivity contribution in [2.24, 2.45) is 11.8 Å². The van der Waals surface area contributed by atoms with Gasteiger partial charge in [0, 0.05) is 44.6 Å². The molecule has 1 fully saturated rings. The normalized spacial score (nSPS) is 18.5. The Kier molecular flexibility index (Phi) is 7.84. The number of hydrogen-bond donors (Lipinski definition) is 0. The molecular weight excluding hydrogens is 428 g/mol. The van der Waals surface area contributed by atoms with Crippen LogP contribution in [0.3, 0.4) is 0 Å². The van der Waals surface area contributed by atoms with E-state index in [1.165, 1.54) is 16.7 Å². The van der Waals surface area contributed by atoms with Crippen molar-refractivity contribution in [3.05, 3.63) is 88.1 Å². The van der Waals surface area contributed by atoms with Crippen LogP contribution in [0, 0.1) is 11.8 Å². The Morgan fingerprint density at radius 1 is 1.06 bits per heavy atom. The van der Waals surface area contributed by atoms with Crippen molar-refractivity contribution < 1.29 is 9.53 Å². The van der Waals surface area contributed by atoms with Gasteiger partial charge in [0.2, 0.25) is 5.91 Å². The Hall–Kier alpha value is -2.63. The van der Waals surface area contributed by atoms with E-state index in [0.29, 0.717) is 18.4 Å². The lowest BCUT2D eigenvalue weighted by Crippen LogP contribution is -2.39. The van der Waals surface area contributed by atoms with E-state index in [1.807, 2.05) is 38.1 Å². The molecule has 0 radical (unpaired) electrons. The quantitative estimate of drug-likeness (QED) is 0.411. The molecule has 174 valence electrons. The zero-order chi connectivity index (χ0) is 23.2. The fourth-order valence-corrected chi connectivity index (χ4v) is 5.58. The summed E-state index contributed by atoms with van der Waals surface area (Å²) in [4.78, 5) is 17.8. The smallest absolute Gasteiger partial charge is 0.225 e. The van der Waals surface area contributed by atoms with Crippen molar-refractivity contribution in [1.29, 1.82) is 0 Å². The molecule has 5 heteroatoms. The number of ether oxygens (including phenoxy) is 1. The molecule has 4 rings (SSSR count). The maximum Gasteiger partial charge on any atom is 0.225 e. The molecule has 1 aliphatic rings. The first-order valence-corrected chi connectivity index (χ1v) is 12.7. The van der Waals surface area contributed by atoms with Crippen LogP contribution in [0.25, 0.3) is 0 Å². The monoisotopic (exact) mass is 462 g/mol. The van der Waals surface area contributed by atoms with Gasteiger partial charge in [-0.05, 0) is 45.5 Å². The van der Waals surface area contributed by atoms with Crippen LogP contribution in [0.1, 0.15) is 36.5 Å². The number of carbonyl (C=O) groups excluding carboxylic acids is 1. The summed E-state index contributed by atoms with van der Waals surface area (Å²) in [5, 5.41) is 4.37. The number of nitrogens with zero attached hydrogens (tertiary/aromatic N) is 2. The van der Waals surface area contributed by atoms with E-state index in [9.17, 15) is 4.79 Å². The number of thiophene rings is 1. The highest BCUT2D eigenvalue weighted by Crippen LogP contribution is 2.38. The van der Waals surface area contributed by atoms with Gasteiger partial charge < -0.3 is 9.64 Å². The summed E-state index contributed by atoms with van der Waals surface area (Å²) < 4.78 is 5.74. The SMILES string of the molecule is COc1ccccc1C1CN(Cc2ccsc2)CC1CN(Cc1ccccc1)C(=O)C(C)C. The molecule has 2 unspecified atom stereocenters. The summed E-state index contributed by atoms with van der Waals surface area (Å²) in [7, 11) is 1.75. The number of amides is 1. The van der Waals surface area contributed by atoms with Crippen LogP contribution in [0.4, 0.5) is 0 Å².